The SMILES string of the molecule is BrCCCCCP(Br)(c1ccccc1)(c1ccccc1)c1ccccc1. The molecule has 3 rings (SSSR count). The monoisotopic (exact) mass is 490 g/mol. The molecule has 0 bridgehead atoms. The van der Waals surface area contributed by atoms with Gasteiger partial charge in [-0.25, -0.2) is 0 Å². The van der Waals surface area contributed by atoms with Crippen LogP contribution in [0.4, 0.5) is 0 Å². The van der Waals surface area contributed by atoms with Gasteiger partial charge in [-0.05, 0) is 0 Å². The van der Waals surface area contributed by atoms with E-state index >= 15 is 0 Å². The van der Waals surface area contributed by atoms with Crippen molar-refractivity contribution in [2.75, 3.05) is 11.5 Å². The Morgan fingerprint density at radius 2 is 0.923 bits per heavy atom. The molecule has 0 saturated heterocycles. The fourth-order valence-electron chi connectivity index (χ4n) is 3.73. The molecule has 0 radical (unpaired) electrons. The van der Waals surface area contributed by atoms with E-state index in [2.05, 4.69) is 122 Å². The topological polar surface area (TPSA) is 0 Å². The minimum atomic E-state index is -2.69. The number of hydrogen-bond donors (Lipinski definition) is 0. The Bertz CT molecular complexity index is 704. The van der Waals surface area contributed by atoms with Gasteiger partial charge in [0, 0.05) is 0 Å². The van der Waals surface area contributed by atoms with Crippen LogP contribution in [-0.4, -0.2) is 11.5 Å². The molecule has 3 aromatic rings. The first-order valence-electron chi connectivity index (χ1n) is 9.16. The Morgan fingerprint density at radius 3 is 1.27 bits per heavy atom. The summed E-state index contributed by atoms with van der Waals surface area (Å²) in [6.07, 6.45) is 4.79. The third-order valence-electron chi connectivity index (χ3n) is 5.10. The van der Waals surface area contributed by atoms with Crippen molar-refractivity contribution in [1.82, 2.24) is 0 Å². The van der Waals surface area contributed by atoms with Crippen LogP contribution >= 0.6 is 36.7 Å². The van der Waals surface area contributed by atoms with Crippen molar-refractivity contribution in [3.8, 4) is 0 Å². The summed E-state index contributed by atoms with van der Waals surface area (Å²) < 4.78 is 0. The van der Waals surface area contributed by atoms with Crippen LogP contribution in [0, 0.1) is 0 Å². The van der Waals surface area contributed by atoms with Gasteiger partial charge in [0.15, 0.2) is 0 Å². The van der Waals surface area contributed by atoms with Gasteiger partial charge < -0.3 is 0 Å². The predicted octanol–water partition coefficient (Wildman–Crippen LogP) is 6.39. The van der Waals surface area contributed by atoms with E-state index in [-0.39, 0.29) is 0 Å². The molecular weight excluding hydrogens is 467 g/mol. The van der Waals surface area contributed by atoms with Crippen LogP contribution in [0.3, 0.4) is 0 Å². The third-order valence-corrected chi connectivity index (χ3v) is 15.7. The maximum atomic E-state index is 4.49. The van der Waals surface area contributed by atoms with Crippen LogP contribution in [0.15, 0.2) is 91.0 Å². The Labute approximate surface area is 173 Å². The summed E-state index contributed by atoms with van der Waals surface area (Å²) in [5.74, 6) is 0. The van der Waals surface area contributed by atoms with E-state index in [1.54, 1.807) is 0 Å². The van der Waals surface area contributed by atoms with Crippen LogP contribution in [0.2, 0.25) is 0 Å². The Kier molecular flexibility index (Phi) is 6.72. The first kappa shape index (κ1) is 19.8. The molecule has 0 N–H and O–H groups in total. The number of unbranched alkanes of at least 4 members (excludes halogenated alkanes) is 2. The normalized spacial score (nSPS) is 13.1. The number of halogens is 2. The summed E-state index contributed by atoms with van der Waals surface area (Å²) in [6, 6.07) is 33.2. The molecule has 0 aromatic heterocycles. The van der Waals surface area contributed by atoms with Gasteiger partial charge >= 0.3 is 174 Å². The minimum absolute atomic E-state index is 1.08. The van der Waals surface area contributed by atoms with Crippen molar-refractivity contribution < 1.29 is 0 Å². The number of rotatable bonds is 8. The zero-order chi connectivity index (χ0) is 18.3. The zero-order valence-electron chi connectivity index (χ0n) is 14.9. The summed E-state index contributed by atoms with van der Waals surface area (Å²) in [6.45, 7) is 0. The second-order valence-electron chi connectivity index (χ2n) is 6.66. The van der Waals surface area contributed by atoms with Crippen molar-refractivity contribution in [2.24, 2.45) is 0 Å². The maximum absolute atomic E-state index is 4.49. The molecule has 0 fully saturated rings. The molecule has 0 aliphatic heterocycles. The van der Waals surface area contributed by atoms with Gasteiger partial charge in [0.05, 0.1) is 0 Å². The summed E-state index contributed by atoms with van der Waals surface area (Å²) in [7, 11) is 0. The molecule has 0 saturated carbocycles. The Hall–Kier alpha value is -0.950. The first-order chi connectivity index (χ1) is 12.7. The molecule has 0 spiro atoms. The number of benzene rings is 3. The molecule has 0 amide bonds. The second-order valence-corrected chi connectivity index (χ2v) is 16.5. The van der Waals surface area contributed by atoms with Crippen LogP contribution in [-0.2, 0) is 0 Å². The summed E-state index contributed by atoms with van der Waals surface area (Å²) in [5.41, 5.74) is 0. The molecule has 3 heteroatoms. The van der Waals surface area contributed by atoms with E-state index in [0.29, 0.717) is 0 Å². The van der Waals surface area contributed by atoms with E-state index in [1.165, 1.54) is 35.2 Å². The molecule has 26 heavy (non-hydrogen) atoms. The zero-order valence-corrected chi connectivity index (χ0v) is 19.0. The average Bonchev–Trinajstić information content (AvgIpc) is 2.73. The van der Waals surface area contributed by atoms with Crippen molar-refractivity contribution in [2.45, 2.75) is 19.3 Å². The van der Waals surface area contributed by atoms with Gasteiger partial charge in [0.2, 0.25) is 0 Å². The van der Waals surface area contributed by atoms with Crippen molar-refractivity contribution in [3.05, 3.63) is 91.0 Å². The molecule has 0 aliphatic rings. The van der Waals surface area contributed by atoms with Crippen LogP contribution < -0.4 is 15.9 Å². The molecule has 0 unspecified atom stereocenters. The molecule has 136 valence electrons. The molecule has 0 heterocycles. The summed E-state index contributed by atoms with van der Waals surface area (Å²) in [5, 5.41) is 2.63. The van der Waals surface area contributed by atoms with Gasteiger partial charge in [-0.2, -0.15) is 0 Å². The van der Waals surface area contributed by atoms with Crippen LogP contribution in [0.1, 0.15) is 19.3 Å². The number of hydrogen-bond acceptors (Lipinski definition) is 0. The second kappa shape index (κ2) is 8.83. The van der Waals surface area contributed by atoms with Crippen molar-refractivity contribution in [1.29, 1.82) is 0 Å². The summed E-state index contributed by atoms with van der Waals surface area (Å²) in [4.78, 5) is 0. The van der Waals surface area contributed by atoms with E-state index in [4.69, 9.17) is 0 Å². The van der Waals surface area contributed by atoms with Gasteiger partial charge in [-0.3, -0.25) is 0 Å². The van der Waals surface area contributed by atoms with E-state index in [9.17, 15) is 0 Å². The molecule has 0 aliphatic carbocycles. The van der Waals surface area contributed by atoms with Gasteiger partial charge in [-0.15, -0.1) is 0 Å². The molecular formula is C23H25Br2P. The van der Waals surface area contributed by atoms with Gasteiger partial charge in [0.1, 0.15) is 0 Å². The van der Waals surface area contributed by atoms with Gasteiger partial charge in [0.25, 0.3) is 0 Å². The van der Waals surface area contributed by atoms with Crippen molar-refractivity contribution in [3.63, 3.8) is 0 Å². The number of alkyl halides is 1. The molecule has 0 atom stereocenters. The standard InChI is InChI=1S/C23H25Br2P/c24-19-11-4-12-20-26(25,21-13-5-1-6-14-21,22-15-7-2-8-16-22)23-17-9-3-10-18-23/h1-3,5-10,13-18H,4,11-12,19-20H2. The summed E-state index contributed by atoms with van der Waals surface area (Å²) >= 11 is 8.07. The fourth-order valence-corrected chi connectivity index (χ4v) is 11.9. The third kappa shape index (κ3) is 3.70. The van der Waals surface area contributed by atoms with Crippen molar-refractivity contribution >= 4 is 52.6 Å². The quantitative estimate of drug-likeness (QED) is 0.194. The Morgan fingerprint density at radius 1 is 0.538 bits per heavy atom. The Balaban J connectivity index is 2.24. The van der Waals surface area contributed by atoms with E-state index < -0.39 is 5.31 Å². The van der Waals surface area contributed by atoms with Gasteiger partial charge in [-0.1, -0.05) is 0 Å². The van der Waals surface area contributed by atoms with E-state index in [1.807, 2.05) is 0 Å². The van der Waals surface area contributed by atoms with Crippen LogP contribution in [0.5, 0.6) is 0 Å². The average molecular weight is 492 g/mol. The van der Waals surface area contributed by atoms with Crippen LogP contribution in [0.25, 0.3) is 0 Å². The fraction of sp³-hybridized carbons (Fsp3) is 0.217. The van der Waals surface area contributed by atoms with E-state index in [0.717, 1.165) is 11.5 Å². The predicted molar refractivity (Wildman–Crippen MR) is 127 cm³/mol. The molecule has 3 aromatic carbocycles. The molecule has 0 nitrogen and oxygen atoms in total. The first-order valence-corrected chi connectivity index (χ1v) is 14.7.